The van der Waals surface area contributed by atoms with Gasteiger partial charge in [0, 0.05) is 36.6 Å². The van der Waals surface area contributed by atoms with E-state index in [1.54, 1.807) is 0 Å². The molecule has 0 saturated heterocycles. The van der Waals surface area contributed by atoms with E-state index < -0.39 is 66.9 Å². The number of carboxylic acid groups (broad SMARTS) is 2. The van der Waals surface area contributed by atoms with E-state index in [0.717, 1.165) is 0 Å². The fraction of sp³-hybridized carbons (Fsp3) is 0.421. The summed E-state index contributed by atoms with van der Waals surface area (Å²) < 4.78 is 0. The van der Waals surface area contributed by atoms with Gasteiger partial charge in [-0.1, -0.05) is 0 Å². The monoisotopic (exact) mass is 494 g/mol. The molecular weight excluding hydrogens is 468 g/mol. The normalized spacial score (nSPS) is 14.2. The molecule has 2 rings (SSSR count). The van der Waals surface area contributed by atoms with Gasteiger partial charge in [-0.05, 0) is 0 Å². The number of aliphatic hydroxyl groups excluding tert-OH is 1. The number of nitrogens with one attached hydrogen (secondary N) is 5. The lowest BCUT2D eigenvalue weighted by molar-refractivity contribution is -0.143. The number of rotatable bonds is 14. The van der Waals surface area contributed by atoms with Gasteiger partial charge in [-0.2, -0.15) is 0 Å². The molecule has 3 amide bonds. The van der Waals surface area contributed by atoms with Crippen LogP contribution in [0.25, 0.3) is 0 Å². The summed E-state index contributed by atoms with van der Waals surface area (Å²) in [4.78, 5) is 73.2. The lowest BCUT2D eigenvalue weighted by atomic mass is 10.1. The summed E-state index contributed by atoms with van der Waals surface area (Å²) in [5.74, 6) is -5.82. The first-order chi connectivity index (χ1) is 16.6. The highest BCUT2D eigenvalue weighted by Crippen LogP contribution is 2.03. The van der Waals surface area contributed by atoms with Crippen molar-refractivity contribution < 1.29 is 39.3 Å². The van der Waals surface area contributed by atoms with Crippen LogP contribution in [0, 0.1) is 0 Å². The number of aromatic nitrogens is 4. The maximum atomic E-state index is 12.6. The second-order valence-corrected chi connectivity index (χ2v) is 7.47. The third-order valence-electron chi connectivity index (χ3n) is 4.75. The summed E-state index contributed by atoms with van der Waals surface area (Å²) in [6, 6.07) is -5.81. The van der Waals surface area contributed by atoms with Crippen LogP contribution in [0.5, 0.6) is 0 Å². The number of amides is 3. The number of carbonyl (C=O) groups excluding carboxylic acids is 3. The quantitative estimate of drug-likeness (QED) is 0.123. The van der Waals surface area contributed by atoms with Crippen molar-refractivity contribution in [1.29, 1.82) is 0 Å². The summed E-state index contributed by atoms with van der Waals surface area (Å²) in [6.45, 7) is -0.882. The molecule has 0 aromatic carbocycles. The van der Waals surface area contributed by atoms with E-state index in [0.29, 0.717) is 11.4 Å². The minimum Gasteiger partial charge on any atom is -0.481 e. The van der Waals surface area contributed by atoms with Gasteiger partial charge in [0.2, 0.25) is 17.7 Å². The maximum Gasteiger partial charge on any atom is 0.326 e. The summed E-state index contributed by atoms with van der Waals surface area (Å²) >= 11 is 0. The number of nitrogens with two attached hydrogens (primary N) is 1. The van der Waals surface area contributed by atoms with Gasteiger partial charge < -0.3 is 47.0 Å². The number of carbonyl (C=O) groups is 5. The predicted molar refractivity (Wildman–Crippen MR) is 115 cm³/mol. The van der Waals surface area contributed by atoms with Crippen molar-refractivity contribution >= 4 is 29.7 Å². The second-order valence-electron chi connectivity index (χ2n) is 7.47. The smallest absolute Gasteiger partial charge is 0.326 e. The topological polar surface area (TPSA) is 266 Å². The van der Waals surface area contributed by atoms with Crippen molar-refractivity contribution in [2.75, 3.05) is 6.61 Å². The highest BCUT2D eigenvalue weighted by atomic mass is 16.4. The Kier molecular flexibility index (Phi) is 9.85. The first-order valence-corrected chi connectivity index (χ1v) is 10.3. The van der Waals surface area contributed by atoms with Crippen LogP contribution in [0.4, 0.5) is 0 Å². The lowest BCUT2D eigenvalue weighted by Crippen LogP contribution is -2.58. The lowest BCUT2D eigenvalue weighted by Gasteiger charge is -2.23. The van der Waals surface area contributed by atoms with E-state index in [1.807, 2.05) is 0 Å². The Morgan fingerprint density at radius 3 is 1.83 bits per heavy atom. The summed E-state index contributed by atoms with van der Waals surface area (Å²) in [5, 5.41) is 34.6. The van der Waals surface area contributed by atoms with Gasteiger partial charge in [-0.15, -0.1) is 0 Å². The molecule has 0 fully saturated rings. The molecule has 0 radical (unpaired) electrons. The molecule has 0 aliphatic heterocycles. The zero-order valence-corrected chi connectivity index (χ0v) is 18.3. The Morgan fingerprint density at radius 2 is 1.34 bits per heavy atom. The van der Waals surface area contributed by atoms with Gasteiger partial charge in [-0.25, -0.2) is 14.8 Å². The van der Waals surface area contributed by atoms with Gasteiger partial charge in [0.1, 0.15) is 18.1 Å². The number of H-pyrrole nitrogens is 2. The standard InChI is InChI=1S/C19H26N8O8/c20-11(1-9-4-21-7-23-9)16(31)27-14(6-28)18(33)25-12(3-15(29)30)17(32)26-13(19(34)35)2-10-5-22-8-24-10/h4-5,7-8,11-14,28H,1-3,6,20H2,(H,21,23)(H,22,24)(H,25,33)(H,26,32)(H,27,31)(H,29,30)(H,34,35). The van der Waals surface area contributed by atoms with Crippen LogP contribution in [0.2, 0.25) is 0 Å². The molecule has 2 aromatic rings. The van der Waals surface area contributed by atoms with Crippen molar-refractivity contribution in [2.45, 2.75) is 43.4 Å². The van der Waals surface area contributed by atoms with Gasteiger partial charge in [0.25, 0.3) is 0 Å². The molecule has 10 N–H and O–H groups in total. The number of carboxylic acids is 2. The van der Waals surface area contributed by atoms with E-state index in [1.165, 1.54) is 25.0 Å². The van der Waals surface area contributed by atoms with E-state index in [2.05, 4.69) is 35.9 Å². The number of aliphatic carboxylic acids is 2. The molecule has 0 spiro atoms. The molecule has 35 heavy (non-hydrogen) atoms. The predicted octanol–water partition coefficient (Wildman–Crippen LogP) is -3.75. The van der Waals surface area contributed by atoms with Crippen molar-refractivity contribution in [3.8, 4) is 0 Å². The summed E-state index contributed by atoms with van der Waals surface area (Å²) in [5.41, 5.74) is 6.74. The molecule has 2 aromatic heterocycles. The number of nitrogens with zero attached hydrogens (tertiary/aromatic N) is 2. The Bertz CT molecular complexity index is 1010. The minimum absolute atomic E-state index is 0.0581. The van der Waals surface area contributed by atoms with Gasteiger partial charge in [0.15, 0.2) is 0 Å². The summed E-state index contributed by atoms with van der Waals surface area (Å²) in [7, 11) is 0. The van der Waals surface area contributed by atoms with Crippen molar-refractivity contribution in [2.24, 2.45) is 5.73 Å². The molecule has 4 unspecified atom stereocenters. The van der Waals surface area contributed by atoms with E-state index in [-0.39, 0.29) is 12.8 Å². The second kappa shape index (κ2) is 12.8. The fourth-order valence-corrected chi connectivity index (χ4v) is 2.94. The van der Waals surface area contributed by atoms with Crippen LogP contribution in [0.3, 0.4) is 0 Å². The maximum absolute atomic E-state index is 12.6. The average molecular weight is 494 g/mol. The van der Waals surface area contributed by atoms with E-state index in [4.69, 9.17) is 10.8 Å². The van der Waals surface area contributed by atoms with Crippen molar-refractivity contribution in [3.63, 3.8) is 0 Å². The minimum atomic E-state index is -1.70. The largest absolute Gasteiger partial charge is 0.481 e. The van der Waals surface area contributed by atoms with E-state index in [9.17, 15) is 34.2 Å². The van der Waals surface area contributed by atoms with Crippen LogP contribution in [-0.2, 0) is 36.8 Å². The SMILES string of the molecule is NC(Cc1cnc[nH]1)C(=O)NC(CO)C(=O)NC(CC(=O)O)C(=O)NC(Cc1cnc[nH]1)C(=O)O. The third-order valence-corrected chi connectivity index (χ3v) is 4.75. The average Bonchev–Trinajstić information content (AvgIpc) is 3.50. The number of aromatic amines is 2. The zero-order valence-electron chi connectivity index (χ0n) is 18.3. The Balaban J connectivity index is 2.03. The van der Waals surface area contributed by atoms with Gasteiger partial charge >= 0.3 is 11.9 Å². The molecule has 190 valence electrons. The van der Waals surface area contributed by atoms with Crippen LogP contribution in [-0.4, -0.2) is 95.7 Å². The molecule has 2 heterocycles. The number of aliphatic hydroxyl groups is 1. The molecule has 0 saturated carbocycles. The Hall–Kier alpha value is -4.31. The number of hydrogen-bond acceptors (Lipinski definition) is 9. The molecule has 0 aliphatic carbocycles. The summed E-state index contributed by atoms with van der Waals surface area (Å²) in [6.07, 6.45) is 4.49. The van der Waals surface area contributed by atoms with Crippen LogP contribution in [0.1, 0.15) is 17.8 Å². The van der Waals surface area contributed by atoms with Crippen LogP contribution in [0.15, 0.2) is 25.0 Å². The highest BCUT2D eigenvalue weighted by molar-refractivity contribution is 5.95. The van der Waals surface area contributed by atoms with E-state index >= 15 is 0 Å². The number of imidazole rings is 2. The molecule has 16 nitrogen and oxygen atoms in total. The molecule has 4 atom stereocenters. The molecule has 16 heteroatoms. The highest BCUT2D eigenvalue weighted by Gasteiger charge is 2.31. The van der Waals surface area contributed by atoms with Crippen molar-refractivity contribution in [1.82, 2.24) is 35.9 Å². The Morgan fingerprint density at radius 1 is 0.829 bits per heavy atom. The molecule has 0 aliphatic rings. The zero-order chi connectivity index (χ0) is 26.0. The molecule has 0 bridgehead atoms. The Labute approximate surface area is 197 Å². The fourth-order valence-electron chi connectivity index (χ4n) is 2.94. The van der Waals surface area contributed by atoms with Crippen LogP contribution >= 0.6 is 0 Å². The van der Waals surface area contributed by atoms with Gasteiger partial charge in [0.05, 0.1) is 31.7 Å². The number of hydrogen-bond donors (Lipinski definition) is 9. The third kappa shape index (κ3) is 8.52. The van der Waals surface area contributed by atoms with Gasteiger partial charge in [-0.3, -0.25) is 19.2 Å². The molecular formula is C19H26N8O8. The van der Waals surface area contributed by atoms with Crippen LogP contribution < -0.4 is 21.7 Å². The first kappa shape index (κ1) is 26.9. The first-order valence-electron chi connectivity index (χ1n) is 10.3. The van der Waals surface area contributed by atoms with Crippen molar-refractivity contribution in [3.05, 3.63) is 36.4 Å².